The fraction of sp³-hybridized carbons (Fsp3) is 0.263. The summed E-state index contributed by atoms with van der Waals surface area (Å²) in [7, 11) is -3.17. The Hall–Kier alpha value is -2.72. The number of ether oxygens (including phenoxy) is 1. The van der Waals surface area contributed by atoms with Gasteiger partial charge >= 0.3 is 0 Å². The lowest BCUT2D eigenvalue weighted by molar-refractivity contribution is -0.131. The van der Waals surface area contributed by atoms with Gasteiger partial charge in [-0.25, -0.2) is 21.5 Å². The maximum atomic E-state index is 14.0. The molecule has 0 bridgehead atoms. The molecule has 0 radical (unpaired) electrons. The summed E-state index contributed by atoms with van der Waals surface area (Å²) >= 11 is 5.78. The van der Waals surface area contributed by atoms with Gasteiger partial charge in [0.25, 0.3) is 10.0 Å². The zero-order chi connectivity index (χ0) is 22.1. The van der Waals surface area contributed by atoms with E-state index in [1.54, 1.807) is 0 Å². The van der Waals surface area contributed by atoms with Gasteiger partial charge in [-0.1, -0.05) is 11.6 Å². The average molecular weight is 459 g/mol. The summed E-state index contributed by atoms with van der Waals surface area (Å²) in [4.78, 5) is 24.9. The Morgan fingerprint density at radius 3 is 2.50 bits per heavy atom. The lowest BCUT2D eigenvalue weighted by atomic mass is 9.97. The van der Waals surface area contributed by atoms with E-state index in [1.807, 2.05) is 0 Å². The first-order chi connectivity index (χ1) is 14.1. The third-order valence-electron chi connectivity index (χ3n) is 4.59. The minimum absolute atomic E-state index is 0.0355. The second-order valence-electron chi connectivity index (χ2n) is 6.59. The monoisotopic (exact) mass is 458 g/mol. The van der Waals surface area contributed by atoms with E-state index in [1.165, 1.54) is 31.4 Å². The molecule has 11 heteroatoms. The number of sulfonamides is 1. The number of hydrogen-bond donors (Lipinski definition) is 1. The Kier molecular flexibility index (Phi) is 6.27. The Balaban J connectivity index is 1.97. The van der Waals surface area contributed by atoms with Gasteiger partial charge in [-0.3, -0.25) is 9.59 Å². The molecule has 1 heterocycles. The highest BCUT2D eigenvalue weighted by Crippen LogP contribution is 2.28. The maximum absolute atomic E-state index is 14.0. The maximum Gasteiger partial charge on any atom is 0.266 e. The van der Waals surface area contributed by atoms with Crippen molar-refractivity contribution in [1.29, 1.82) is 0 Å². The van der Waals surface area contributed by atoms with E-state index in [2.05, 4.69) is 5.32 Å². The quantitative estimate of drug-likeness (QED) is 0.741. The lowest BCUT2D eigenvalue weighted by Crippen LogP contribution is -2.42. The van der Waals surface area contributed by atoms with Gasteiger partial charge in [-0.2, -0.15) is 0 Å². The number of methoxy groups -OCH3 is 1. The predicted octanol–water partition coefficient (Wildman–Crippen LogP) is 2.13. The largest absolute Gasteiger partial charge is 0.493 e. The number of carbonyl (C=O) groups is 2. The molecule has 2 aromatic rings. The molecule has 2 amide bonds. The third kappa shape index (κ3) is 4.39. The molecule has 1 aliphatic heterocycles. The van der Waals surface area contributed by atoms with Gasteiger partial charge in [-0.05, 0) is 36.8 Å². The van der Waals surface area contributed by atoms with Crippen LogP contribution in [0.15, 0.2) is 41.3 Å². The van der Waals surface area contributed by atoms with E-state index in [0.717, 1.165) is 6.07 Å². The molecule has 0 aliphatic carbocycles. The fourth-order valence-corrected chi connectivity index (χ4v) is 4.68. The molecule has 1 aliphatic rings. The summed E-state index contributed by atoms with van der Waals surface area (Å²) in [6, 6.07) is 6.75. The third-order valence-corrected chi connectivity index (χ3v) is 6.59. The van der Waals surface area contributed by atoms with Crippen molar-refractivity contribution in [3.63, 3.8) is 0 Å². The first kappa shape index (κ1) is 22.0. The Bertz CT molecular complexity index is 1090. The second kappa shape index (κ2) is 8.57. The van der Waals surface area contributed by atoms with Crippen LogP contribution in [0.2, 0.25) is 5.02 Å². The van der Waals surface area contributed by atoms with Crippen LogP contribution in [0.25, 0.3) is 0 Å². The summed E-state index contributed by atoms with van der Waals surface area (Å²) in [5.41, 5.74) is 0.0355. The average Bonchev–Trinajstić information content (AvgIpc) is 2.82. The second-order valence-corrected chi connectivity index (χ2v) is 8.89. The highest BCUT2D eigenvalue weighted by Gasteiger charge is 2.38. The van der Waals surface area contributed by atoms with Crippen molar-refractivity contribution in [3.05, 3.63) is 58.6 Å². The van der Waals surface area contributed by atoms with Crippen LogP contribution in [0.3, 0.4) is 0 Å². The standard InChI is InChI=1S/C19H17ClF2N2O5S/c1-29-18-11(7-14(21)8-16(18)22)6-12-9-23-17(25)10-24(19(12)26)30(27,28)15-4-2-13(20)3-5-15/h2-5,7-8,12H,6,9-10H2,1H3,(H,23,25). The molecule has 0 spiro atoms. The van der Waals surface area contributed by atoms with E-state index >= 15 is 0 Å². The molecule has 0 saturated carbocycles. The van der Waals surface area contributed by atoms with Crippen molar-refractivity contribution < 1.29 is 31.5 Å². The highest BCUT2D eigenvalue weighted by atomic mass is 35.5. The minimum Gasteiger partial charge on any atom is -0.493 e. The number of rotatable bonds is 5. The number of amides is 2. The van der Waals surface area contributed by atoms with E-state index in [4.69, 9.17) is 16.3 Å². The van der Waals surface area contributed by atoms with Crippen LogP contribution in [0, 0.1) is 17.6 Å². The van der Waals surface area contributed by atoms with Crippen molar-refractivity contribution in [2.24, 2.45) is 5.92 Å². The fourth-order valence-electron chi connectivity index (χ4n) is 3.15. The number of nitrogens with zero attached hydrogens (tertiary/aromatic N) is 1. The van der Waals surface area contributed by atoms with Crippen LogP contribution in [-0.2, 0) is 26.0 Å². The zero-order valence-corrected chi connectivity index (χ0v) is 17.3. The first-order valence-corrected chi connectivity index (χ1v) is 10.6. The number of halogens is 3. The minimum atomic E-state index is -4.36. The molecule has 1 unspecified atom stereocenters. The molecule has 7 nitrogen and oxygen atoms in total. The van der Waals surface area contributed by atoms with Gasteiger partial charge in [0.2, 0.25) is 11.8 Å². The molecule has 1 atom stereocenters. The molecular weight excluding hydrogens is 442 g/mol. The Morgan fingerprint density at radius 2 is 1.87 bits per heavy atom. The normalized spacial score (nSPS) is 17.5. The molecule has 1 N–H and O–H groups in total. The molecule has 1 saturated heterocycles. The van der Waals surface area contributed by atoms with Gasteiger partial charge in [0.05, 0.1) is 17.9 Å². The van der Waals surface area contributed by atoms with E-state index < -0.39 is 45.9 Å². The molecule has 2 aromatic carbocycles. The molecule has 0 aromatic heterocycles. The topological polar surface area (TPSA) is 92.8 Å². The summed E-state index contributed by atoms with van der Waals surface area (Å²) in [6.45, 7) is -0.916. The number of carbonyl (C=O) groups excluding carboxylic acids is 2. The van der Waals surface area contributed by atoms with Crippen LogP contribution in [0.5, 0.6) is 5.75 Å². The predicted molar refractivity (Wildman–Crippen MR) is 103 cm³/mol. The van der Waals surface area contributed by atoms with E-state index in [9.17, 15) is 26.8 Å². The molecular formula is C19H17ClF2N2O5S. The Morgan fingerprint density at radius 1 is 1.20 bits per heavy atom. The van der Waals surface area contributed by atoms with Crippen LogP contribution < -0.4 is 10.1 Å². The lowest BCUT2D eigenvalue weighted by Gasteiger charge is -2.23. The van der Waals surface area contributed by atoms with Gasteiger partial charge in [0.15, 0.2) is 11.6 Å². The van der Waals surface area contributed by atoms with Crippen LogP contribution in [0.4, 0.5) is 8.78 Å². The van der Waals surface area contributed by atoms with E-state index in [-0.39, 0.29) is 29.2 Å². The van der Waals surface area contributed by atoms with Crippen molar-refractivity contribution >= 4 is 33.4 Å². The summed E-state index contributed by atoms with van der Waals surface area (Å²) in [6.07, 6.45) is -0.246. The molecule has 30 heavy (non-hydrogen) atoms. The number of benzene rings is 2. The smallest absolute Gasteiger partial charge is 0.266 e. The van der Waals surface area contributed by atoms with Gasteiger partial charge in [0.1, 0.15) is 12.4 Å². The first-order valence-electron chi connectivity index (χ1n) is 8.74. The number of nitrogens with one attached hydrogen (secondary N) is 1. The van der Waals surface area contributed by atoms with Crippen molar-refractivity contribution in [2.45, 2.75) is 11.3 Å². The van der Waals surface area contributed by atoms with Gasteiger partial charge in [-0.15, -0.1) is 0 Å². The summed E-state index contributed by atoms with van der Waals surface area (Å²) in [5, 5.41) is 2.76. The SMILES string of the molecule is COc1c(F)cc(F)cc1CC1CNC(=O)CN(S(=O)(=O)c2ccc(Cl)cc2)C1=O. The zero-order valence-electron chi connectivity index (χ0n) is 15.7. The summed E-state index contributed by atoms with van der Waals surface area (Å²) < 4.78 is 59.0. The van der Waals surface area contributed by atoms with Crippen LogP contribution >= 0.6 is 11.6 Å². The highest BCUT2D eigenvalue weighted by molar-refractivity contribution is 7.89. The Labute approximate surface area is 176 Å². The van der Waals surface area contributed by atoms with Crippen molar-refractivity contribution in [1.82, 2.24) is 9.62 Å². The molecule has 160 valence electrons. The van der Waals surface area contributed by atoms with Crippen LogP contribution in [0.1, 0.15) is 5.56 Å². The van der Waals surface area contributed by atoms with Crippen molar-refractivity contribution in [2.75, 3.05) is 20.2 Å². The van der Waals surface area contributed by atoms with Gasteiger partial charge < -0.3 is 10.1 Å². The molecule has 1 fully saturated rings. The number of hydrogen-bond acceptors (Lipinski definition) is 5. The molecule has 3 rings (SSSR count). The van der Waals surface area contributed by atoms with Crippen molar-refractivity contribution in [3.8, 4) is 5.75 Å². The van der Waals surface area contributed by atoms with Gasteiger partial charge in [0, 0.05) is 23.2 Å². The van der Waals surface area contributed by atoms with Crippen LogP contribution in [-0.4, -0.2) is 44.7 Å². The van der Waals surface area contributed by atoms with E-state index in [0.29, 0.717) is 15.4 Å². The summed E-state index contributed by atoms with van der Waals surface area (Å²) in [5.74, 6) is -4.74.